The number of aromatic nitrogens is 4. The van der Waals surface area contributed by atoms with Crippen molar-refractivity contribution < 1.29 is 4.79 Å². The summed E-state index contributed by atoms with van der Waals surface area (Å²) in [5.41, 5.74) is 4.08. The maximum Gasteiger partial charge on any atom is 0.256 e. The van der Waals surface area contributed by atoms with E-state index < -0.39 is 0 Å². The van der Waals surface area contributed by atoms with Gasteiger partial charge in [0.1, 0.15) is 5.69 Å². The molecule has 0 saturated carbocycles. The first-order chi connectivity index (χ1) is 14.7. The summed E-state index contributed by atoms with van der Waals surface area (Å²) in [5, 5.41) is 9.92. The molecule has 5 rings (SSSR count). The molecule has 0 bridgehead atoms. The van der Waals surface area contributed by atoms with Gasteiger partial charge in [0.25, 0.3) is 5.91 Å². The molecule has 1 fully saturated rings. The number of anilines is 2. The third-order valence-corrected chi connectivity index (χ3v) is 5.34. The highest BCUT2D eigenvalue weighted by atomic mass is 16.1. The molecule has 1 amide bonds. The zero-order valence-electron chi connectivity index (χ0n) is 16.6. The highest BCUT2D eigenvalue weighted by molar-refractivity contribution is 6.04. The molecule has 3 N–H and O–H groups in total. The fraction of sp³-hybridized carbons (Fsp3) is 0.227. The summed E-state index contributed by atoms with van der Waals surface area (Å²) in [6.45, 7) is 4.09. The second-order valence-electron chi connectivity index (χ2n) is 7.42. The lowest BCUT2D eigenvalue weighted by molar-refractivity contribution is 0.102. The van der Waals surface area contributed by atoms with Crippen molar-refractivity contribution in [1.29, 1.82) is 0 Å². The predicted octanol–water partition coefficient (Wildman–Crippen LogP) is 2.56. The maximum absolute atomic E-state index is 12.6. The van der Waals surface area contributed by atoms with Crippen LogP contribution in [0.15, 0.2) is 42.5 Å². The number of hydrogen-bond donors (Lipinski definition) is 3. The van der Waals surface area contributed by atoms with Gasteiger partial charge in [-0.3, -0.25) is 9.89 Å². The van der Waals surface area contributed by atoms with Gasteiger partial charge in [-0.2, -0.15) is 5.10 Å². The molecular weight excluding hydrogens is 378 g/mol. The first kappa shape index (κ1) is 18.2. The number of aromatic amines is 2. The Morgan fingerprint density at radius 1 is 1.10 bits per heavy atom. The smallest absolute Gasteiger partial charge is 0.256 e. The molecule has 0 spiro atoms. The molecular formula is C22H21N7O. The van der Waals surface area contributed by atoms with E-state index in [4.69, 9.17) is 0 Å². The molecule has 0 atom stereocenters. The minimum absolute atomic E-state index is 0.202. The summed E-state index contributed by atoms with van der Waals surface area (Å²) in [4.78, 5) is 25.0. The normalized spacial score (nSPS) is 14.6. The number of benzene rings is 1. The SMILES string of the molecule is CN1CCN(c2ccc(C(=O)Nc3cc(-c4nc5cc#ccc5[nH]4)[nH]n3)cc2)CC1. The van der Waals surface area contributed by atoms with Crippen molar-refractivity contribution in [1.82, 2.24) is 25.1 Å². The number of rotatable bonds is 4. The van der Waals surface area contributed by atoms with Gasteiger partial charge in [-0.1, -0.05) is 12.1 Å². The predicted molar refractivity (Wildman–Crippen MR) is 115 cm³/mol. The van der Waals surface area contributed by atoms with E-state index in [1.165, 1.54) is 0 Å². The molecule has 4 aromatic rings. The van der Waals surface area contributed by atoms with Gasteiger partial charge in [0, 0.05) is 55.6 Å². The number of carbonyl (C=O) groups excluding carboxylic acids is 1. The summed E-state index contributed by atoms with van der Waals surface area (Å²) in [7, 11) is 2.14. The van der Waals surface area contributed by atoms with Crippen molar-refractivity contribution >= 4 is 28.4 Å². The van der Waals surface area contributed by atoms with Crippen molar-refractivity contribution in [3.63, 3.8) is 0 Å². The van der Waals surface area contributed by atoms with Crippen molar-refractivity contribution in [2.45, 2.75) is 0 Å². The number of amides is 1. The largest absolute Gasteiger partial charge is 0.369 e. The molecule has 1 saturated heterocycles. The van der Waals surface area contributed by atoms with Gasteiger partial charge in [-0.15, -0.1) is 0 Å². The third kappa shape index (κ3) is 3.58. The number of nitrogens with one attached hydrogen (secondary N) is 3. The highest BCUT2D eigenvalue weighted by Gasteiger charge is 2.15. The molecule has 2 aromatic carbocycles. The molecule has 150 valence electrons. The molecule has 3 heterocycles. The molecule has 8 heteroatoms. The Bertz CT molecular complexity index is 1140. The Labute approximate surface area is 173 Å². The molecule has 1 aliphatic heterocycles. The van der Waals surface area contributed by atoms with Gasteiger partial charge < -0.3 is 20.1 Å². The van der Waals surface area contributed by atoms with Crippen LogP contribution in [0, 0.1) is 12.1 Å². The Hall–Kier alpha value is -3.83. The number of H-pyrrole nitrogens is 2. The van der Waals surface area contributed by atoms with Crippen molar-refractivity contribution in [2.75, 3.05) is 43.4 Å². The Morgan fingerprint density at radius 2 is 1.87 bits per heavy atom. The lowest BCUT2D eigenvalue weighted by Crippen LogP contribution is -2.44. The van der Waals surface area contributed by atoms with Crippen LogP contribution in [-0.4, -0.2) is 64.2 Å². The molecule has 30 heavy (non-hydrogen) atoms. The fourth-order valence-electron chi connectivity index (χ4n) is 3.56. The number of nitrogens with zero attached hydrogens (tertiary/aromatic N) is 4. The molecule has 0 unspecified atom stereocenters. The molecule has 0 radical (unpaired) electrons. The standard InChI is InChI=1S/C22H21N7O/c1-28-10-12-29(13-11-28)16-8-6-15(7-9-16)22(30)25-20-14-19(26-27-20)21-23-17-4-2-3-5-18(17)24-21/h4-9,14H,10-13H2,1H3,(H,23,24)(H2,25,26,27,30). The van der Waals surface area contributed by atoms with Crippen LogP contribution in [0.25, 0.3) is 22.6 Å². The topological polar surface area (TPSA) is 92.9 Å². The van der Waals surface area contributed by atoms with E-state index in [1.54, 1.807) is 18.2 Å². The number of fused-ring (bicyclic) bond motifs is 1. The Morgan fingerprint density at radius 3 is 2.63 bits per heavy atom. The van der Waals surface area contributed by atoms with Crippen LogP contribution < -0.4 is 10.2 Å². The van der Waals surface area contributed by atoms with Crippen molar-refractivity contribution in [3.05, 3.63) is 60.2 Å². The van der Waals surface area contributed by atoms with Crippen LogP contribution in [0.4, 0.5) is 11.5 Å². The van der Waals surface area contributed by atoms with Crippen LogP contribution in [0.2, 0.25) is 0 Å². The van der Waals surface area contributed by atoms with Crippen LogP contribution in [0.5, 0.6) is 0 Å². The number of carbonyl (C=O) groups is 1. The summed E-state index contributed by atoms with van der Waals surface area (Å²) >= 11 is 0. The van der Waals surface area contributed by atoms with Gasteiger partial charge >= 0.3 is 0 Å². The van der Waals surface area contributed by atoms with E-state index in [0.717, 1.165) is 42.9 Å². The summed E-state index contributed by atoms with van der Waals surface area (Å²) < 4.78 is 0. The van der Waals surface area contributed by atoms with E-state index in [9.17, 15) is 4.79 Å². The Balaban J connectivity index is 1.26. The number of hydrogen-bond acceptors (Lipinski definition) is 5. The fourth-order valence-corrected chi connectivity index (χ4v) is 3.56. The average Bonchev–Trinajstić information content (AvgIpc) is 3.41. The van der Waals surface area contributed by atoms with E-state index >= 15 is 0 Å². The number of piperazine rings is 1. The number of likely N-dealkylation sites (N-methyl/N-ethyl adjacent to an activating group) is 1. The monoisotopic (exact) mass is 399 g/mol. The second kappa shape index (κ2) is 7.54. The molecule has 0 aliphatic carbocycles. The van der Waals surface area contributed by atoms with Crippen LogP contribution in [-0.2, 0) is 0 Å². The summed E-state index contributed by atoms with van der Waals surface area (Å²) in [5.74, 6) is 0.881. The van der Waals surface area contributed by atoms with E-state index in [2.05, 4.69) is 54.5 Å². The zero-order chi connectivity index (χ0) is 20.5. The summed E-state index contributed by atoms with van der Waals surface area (Å²) in [6, 6.07) is 18.8. The molecule has 2 aromatic heterocycles. The lowest BCUT2D eigenvalue weighted by Gasteiger charge is -2.34. The third-order valence-electron chi connectivity index (χ3n) is 5.34. The van der Waals surface area contributed by atoms with E-state index in [-0.39, 0.29) is 5.91 Å². The quantitative estimate of drug-likeness (QED) is 0.490. The Kier molecular flexibility index (Phi) is 4.58. The summed E-state index contributed by atoms with van der Waals surface area (Å²) in [6.07, 6.45) is 0. The maximum atomic E-state index is 12.6. The first-order valence-corrected chi connectivity index (χ1v) is 9.84. The highest BCUT2D eigenvalue weighted by Crippen LogP contribution is 2.21. The first-order valence-electron chi connectivity index (χ1n) is 9.84. The van der Waals surface area contributed by atoms with Gasteiger partial charge in [-0.05, 0) is 31.3 Å². The van der Waals surface area contributed by atoms with Crippen LogP contribution in [0.3, 0.4) is 0 Å². The van der Waals surface area contributed by atoms with Gasteiger partial charge in [-0.25, -0.2) is 4.98 Å². The van der Waals surface area contributed by atoms with Crippen molar-refractivity contribution in [3.8, 4) is 11.5 Å². The molecule has 1 aliphatic rings. The van der Waals surface area contributed by atoms with Crippen LogP contribution >= 0.6 is 0 Å². The van der Waals surface area contributed by atoms with E-state index in [1.807, 2.05) is 24.3 Å². The van der Waals surface area contributed by atoms with Gasteiger partial charge in [0.05, 0.1) is 11.0 Å². The zero-order valence-corrected chi connectivity index (χ0v) is 16.6. The van der Waals surface area contributed by atoms with Crippen LogP contribution in [0.1, 0.15) is 10.4 Å². The van der Waals surface area contributed by atoms with E-state index in [0.29, 0.717) is 22.9 Å². The van der Waals surface area contributed by atoms with Gasteiger partial charge in [0.15, 0.2) is 11.6 Å². The number of imidazole rings is 1. The second-order valence-corrected chi connectivity index (χ2v) is 7.42. The van der Waals surface area contributed by atoms with Crippen molar-refractivity contribution in [2.24, 2.45) is 0 Å². The minimum atomic E-state index is -0.202. The van der Waals surface area contributed by atoms with Gasteiger partial charge in [0.2, 0.25) is 0 Å². The average molecular weight is 399 g/mol. The molecule has 8 nitrogen and oxygen atoms in total. The minimum Gasteiger partial charge on any atom is -0.369 e. The lowest BCUT2D eigenvalue weighted by atomic mass is 10.1.